The largest absolute Gasteiger partial charge is 0.493 e. The molecule has 0 spiro atoms. The number of carbonyl (C=O) groups excluding carboxylic acids is 1. The molecule has 0 unspecified atom stereocenters. The number of amides is 1. The zero-order chi connectivity index (χ0) is 35.8. The number of hydrogen-bond acceptors (Lipinski definition) is 9. The molecule has 0 saturated heterocycles. The number of nitrogens with zero attached hydrogens (tertiary/aromatic N) is 2. The summed E-state index contributed by atoms with van der Waals surface area (Å²) < 4.78 is 43.7. The molecule has 8 rings (SSSR count). The van der Waals surface area contributed by atoms with Crippen LogP contribution in [0.4, 0.5) is 4.79 Å². The molecule has 4 aromatic rings. The Bertz CT molecular complexity index is 1950. The van der Waals surface area contributed by atoms with Gasteiger partial charge in [-0.15, -0.1) is 0 Å². The van der Waals surface area contributed by atoms with Crippen LogP contribution in [0.15, 0.2) is 59.1 Å². The Morgan fingerprint density at radius 1 is 0.804 bits per heavy atom. The van der Waals surface area contributed by atoms with Crippen molar-refractivity contribution in [3.05, 3.63) is 92.5 Å². The highest BCUT2D eigenvalue weighted by molar-refractivity contribution is 9.10. The lowest BCUT2D eigenvalue weighted by atomic mass is 9.87. The van der Waals surface area contributed by atoms with Gasteiger partial charge in [-0.1, -0.05) is 18.2 Å². The maximum absolute atomic E-state index is 13.4. The summed E-state index contributed by atoms with van der Waals surface area (Å²) in [6.07, 6.45) is 2.27. The molecule has 6 bridgehead atoms. The summed E-state index contributed by atoms with van der Waals surface area (Å²) in [5, 5.41) is 0. The SMILES string of the molecule is CCOC(=O)N1CCc2cc(OC)c3cc2[C@@H]1Cc1ccc(cc1)Oc1cc(ccc1OC)C[C@H]1c2c(c(Br)c(OC)c(OC)c2O3)CCN1C. The fourth-order valence-electron chi connectivity index (χ4n) is 7.60. The molecule has 4 heterocycles. The third kappa shape index (κ3) is 6.42. The van der Waals surface area contributed by atoms with E-state index in [0.29, 0.717) is 71.8 Å². The first kappa shape index (κ1) is 34.8. The van der Waals surface area contributed by atoms with Crippen molar-refractivity contribution in [3.8, 4) is 46.0 Å². The first-order valence-electron chi connectivity index (χ1n) is 17.2. The molecule has 4 aliphatic rings. The van der Waals surface area contributed by atoms with Gasteiger partial charge in [0.05, 0.1) is 45.6 Å². The second-order valence-electron chi connectivity index (χ2n) is 12.9. The van der Waals surface area contributed by atoms with Gasteiger partial charge >= 0.3 is 6.09 Å². The summed E-state index contributed by atoms with van der Waals surface area (Å²) in [7, 11) is 8.68. The number of hydrogen-bond donors (Lipinski definition) is 0. The zero-order valence-corrected chi connectivity index (χ0v) is 31.4. The average Bonchev–Trinajstić information content (AvgIpc) is 3.14. The van der Waals surface area contributed by atoms with Gasteiger partial charge in [-0.2, -0.15) is 0 Å². The molecular weight excluding hydrogens is 716 g/mol. The Balaban J connectivity index is 1.49. The van der Waals surface area contributed by atoms with Gasteiger partial charge in [0.1, 0.15) is 5.75 Å². The molecule has 0 aliphatic carbocycles. The number of carbonyl (C=O) groups is 1. The summed E-state index contributed by atoms with van der Waals surface area (Å²) in [5.74, 6) is 4.63. The predicted octanol–water partition coefficient (Wildman–Crippen LogP) is 8.45. The number of ether oxygens (including phenoxy) is 7. The van der Waals surface area contributed by atoms with Crippen LogP contribution in [0, 0.1) is 0 Å². The van der Waals surface area contributed by atoms with E-state index in [-0.39, 0.29) is 24.8 Å². The van der Waals surface area contributed by atoms with Gasteiger partial charge in [-0.25, -0.2) is 4.79 Å². The summed E-state index contributed by atoms with van der Waals surface area (Å²) >= 11 is 3.88. The average molecular weight is 760 g/mol. The second kappa shape index (κ2) is 14.6. The molecule has 4 aromatic carbocycles. The van der Waals surface area contributed by atoms with Gasteiger partial charge in [0.2, 0.25) is 5.75 Å². The normalized spacial score (nSPS) is 18.0. The number of rotatable bonds is 5. The molecule has 4 aliphatic heterocycles. The van der Waals surface area contributed by atoms with Crippen LogP contribution in [0.3, 0.4) is 0 Å². The first-order valence-corrected chi connectivity index (χ1v) is 18.0. The summed E-state index contributed by atoms with van der Waals surface area (Å²) in [6, 6.07) is 17.7. The Morgan fingerprint density at radius 3 is 2.22 bits per heavy atom. The van der Waals surface area contributed by atoms with Gasteiger partial charge in [0.15, 0.2) is 34.5 Å². The molecule has 2 atom stereocenters. The number of fused-ring (bicyclic) bond motifs is 2. The minimum absolute atomic E-state index is 0.102. The first-order chi connectivity index (χ1) is 24.8. The number of halogens is 1. The van der Waals surface area contributed by atoms with Crippen LogP contribution in [0.1, 0.15) is 52.4 Å². The van der Waals surface area contributed by atoms with Crippen molar-refractivity contribution < 1.29 is 38.0 Å². The van der Waals surface area contributed by atoms with Crippen LogP contribution in [0.25, 0.3) is 0 Å². The van der Waals surface area contributed by atoms with E-state index in [4.69, 9.17) is 33.2 Å². The molecule has 11 heteroatoms. The topological polar surface area (TPSA) is 88.2 Å². The molecule has 1 amide bonds. The van der Waals surface area contributed by atoms with E-state index in [2.05, 4.69) is 33.9 Å². The monoisotopic (exact) mass is 758 g/mol. The molecule has 0 saturated carbocycles. The molecular formula is C40H43BrN2O8. The van der Waals surface area contributed by atoms with Crippen LogP contribution < -0.4 is 28.4 Å². The molecule has 0 radical (unpaired) electrons. The second-order valence-corrected chi connectivity index (χ2v) is 13.7. The Hall–Kier alpha value is -4.61. The molecule has 0 aromatic heterocycles. The van der Waals surface area contributed by atoms with Crippen LogP contribution in [0.2, 0.25) is 0 Å². The van der Waals surface area contributed by atoms with E-state index < -0.39 is 0 Å². The zero-order valence-electron chi connectivity index (χ0n) is 29.8. The van der Waals surface area contributed by atoms with E-state index in [9.17, 15) is 4.79 Å². The van der Waals surface area contributed by atoms with Gasteiger partial charge < -0.3 is 38.1 Å². The van der Waals surface area contributed by atoms with Gasteiger partial charge in [-0.3, -0.25) is 4.90 Å². The maximum Gasteiger partial charge on any atom is 0.410 e. The third-order valence-corrected chi connectivity index (χ3v) is 11.0. The molecule has 0 fully saturated rings. The lowest BCUT2D eigenvalue weighted by molar-refractivity contribution is 0.0863. The number of benzene rings is 4. The van der Waals surface area contributed by atoms with Crippen molar-refractivity contribution in [2.45, 2.75) is 44.7 Å². The summed E-state index contributed by atoms with van der Waals surface area (Å²) in [6.45, 7) is 3.45. The van der Waals surface area contributed by atoms with Crippen molar-refractivity contribution in [2.75, 3.05) is 55.2 Å². The minimum Gasteiger partial charge on any atom is -0.493 e. The molecule has 10 nitrogen and oxygen atoms in total. The van der Waals surface area contributed by atoms with Gasteiger partial charge in [0, 0.05) is 24.7 Å². The van der Waals surface area contributed by atoms with Crippen molar-refractivity contribution in [1.82, 2.24) is 9.80 Å². The number of likely N-dealkylation sites (N-methyl/N-ethyl adjacent to an activating group) is 1. The van der Waals surface area contributed by atoms with E-state index in [1.807, 2.05) is 60.4 Å². The standard InChI is InChI=1S/C40H43BrN2O8/c1-7-49-40(44)43-17-14-25-21-32(46-4)34-22-28(25)29(43)18-23-8-11-26(12-9-23)50-33-20-24(10-13-31(33)45-3)19-30-35-27(15-16-42(30)2)36(41)38(47-5)39(48-6)37(35)51-34/h8-13,20-22,29-30H,7,14-19H2,1-6H3/t29-,30-/m0/s1. The lowest BCUT2D eigenvalue weighted by Crippen LogP contribution is -2.41. The Labute approximate surface area is 307 Å². The van der Waals surface area contributed by atoms with E-state index in [1.54, 1.807) is 28.4 Å². The molecule has 51 heavy (non-hydrogen) atoms. The van der Waals surface area contributed by atoms with Gasteiger partial charge in [0.25, 0.3) is 0 Å². The van der Waals surface area contributed by atoms with Gasteiger partial charge in [-0.05, 0) is 120 Å². The van der Waals surface area contributed by atoms with Crippen LogP contribution in [-0.2, 0) is 30.4 Å². The van der Waals surface area contributed by atoms with E-state index >= 15 is 0 Å². The highest BCUT2D eigenvalue weighted by atomic mass is 79.9. The fraction of sp³-hybridized carbons (Fsp3) is 0.375. The van der Waals surface area contributed by atoms with Crippen molar-refractivity contribution in [2.24, 2.45) is 0 Å². The summed E-state index contributed by atoms with van der Waals surface area (Å²) in [5.41, 5.74) is 6.24. The highest BCUT2D eigenvalue weighted by Gasteiger charge is 2.37. The van der Waals surface area contributed by atoms with Crippen LogP contribution >= 0.6 is 15.9 Å². The smallest absolute Gasteiger partial charge is 0.410 e. The highest BCUT2D eigenvalue weighted by Crippen LogP contribution is 2.55. The van der Waals surface area contributed by atoms with Crippen molar-refractivity contribution in [3.63, 3.8) is 0 Å². The Morgan fingerprint density at radius 2 is 1.51 bits per heavy atom. The van der Waals surface area contributed by atoms with Crippen LogP contribution in [0.5, 0.6) is 46.0 Å². The van der Waals surface area contributed by atoms with Crippen LogP contribution in [-0.4, -0.2) is 71.1 Å². The van der Waals surface area contributed by atoms with E-state index in [1.165, 1.54) is 0 Å². The Kier molecular flexibility index (Phi) is 9.94. The van der Waals surface area contributed by atoms with E-state index in [0.717, 1.165) is 50.8 Å². The van der Waals surface area contributed by atoms with Crippen molar-refractivity contribution >= 4 is 22.0 Å². The quantitative estimate of drug-likeness (QED) is 0.199. The molecule has 268 valence electrons. The lowest BCUT2D eigenvalue weighted by Gasteiger charge is -2.38. The fourth-order valence-corrected chi connectivity index (χ4v) is 8.36. The van der Waals surface area contributed by atoms with Crippen molar-refractivity contribution in [1.29, 1.82) is 0 Å². The predicted molar refractivity (Wildman–Crippen MR) is 196 cm³/mol. The third-order valence-electron chi connectivity index (χ3n) is 10.2. The summed E-state index contributed by atoms with van der Waals surface area (Å²) in [4.78, 5) is 17.6. The number of methoxy groups -OCH3 is 4. The maximum atomic E-state index is 13.4. The molecule has 0 N–H and O–H groups in total. The minimum atomic E-state index is -0.347.